The van der Waals surface area contributed by atoms with Crippen LogP contribution in [0.5, 0.6) is 11.5 Å². The highest BCUT2D eigenvalue weighted by atomic mass is 16.5. The standard InChI is InChI=1S/C26H27NO3/c1-2-29-25-15-12-22(26(28)27-16-6-7-17-27)18-23(25)19-30-24-13-10-21(11-14-24)20-8-4-3-5-9-20/h3-5,8-15,18H,2,6-7,16-17,19H2,1H3. The fourth-order valence-electron chi connectivity index (χ4n) is 3.76. The van der Waals surface area contributed by atoms with Gasteiger partial charge in [0.1, 0.15) is 18.1 Å². The van der Waals surface area contributed by atoms with E-state index in [1.54, 1.807) is 0 Å². The number of carbonyl (C=O) groups excluding carboxylic acids is 1. The Bertz CT molecular complexity index is 977. The molecule has 1 amide bonds. The maximum Gasteiger partial charge on any atom is 0.253 e. The summed E-state index contributed by atoms with van der Waals surface area (Å²) in [6.45, 7) is 4.55. The molecule has 1 aliphatic rings. The lowest BCUT2D eigenvalue weighted by Gasteiger charge is -2.17. The van der Waals surface area contributed by atoms with E-state index >= 15 is 0 Å². The number of rotatable bonds is 7. The molecular formula is C26H27NO3. The molecule has 3 aromatic rings. The molecule has 1 heterocycles. The minimum atomic E-state index is 0.0870. The molecule has 154 valence electrons. The van der Waals surface area contributed by atoms with Crippen molar-refractivity contribution < 1.29 is 14.3 Å². The van der Waals surface area contributed by atoms with E-state index in [1.165, 1.54) is 5.56 Å². The first-order valence-electron chi connectivity index (χ1n) is 10.6. The second-order valence-electron chi connectivity index (χ2n) is 7.43. The molecule has 0 aromatic heterocycles. The molecule has 0 spiro atoms. The summed E-state index contributed by atoms with van der Waals surface area (Å²) in [6, 6.07) is 24.0. The smallest absolute Gasteiger partial charge is 0.253 e. The molecule has 0 atom stereocenters. The molecule has 4 heteroatoms. The average Bonchev–Trinajstić information content (AvgIpc) is 3.34. The summed E-state index contributed by atoms with van der Waals surface area (Å²) in [5.41, 5.74) is 3.90. The third-order valence-corrected chi connectivity index (χ3v) is 5.36. The van der Waals surface area contributed by atoms with E-state index < -0.39 is 0 Å². The van der Waals surface area contributed by atoms with Gasteiger partial charge in [-0.1, -0.05) is 42.5 Å². The molecule has 0 saturated carbocycles. The number of benzene rings is 3. The Morgan fingerprint density at radius 1 is 0.867 bits per heavy atom. The highest BCUT2D eigenvalue weighted by Crippen LogP contribution is 2.26. The van der Waals surface area contributed by atoms with Crippen LogP contribution in [-0.4, -0.2) is 30.5 Å². The Hall–Kier alpha value is -3.27. The van der Waals surface area contributed by atoms with Gasteiger partial charge in [0, 0.05) is 24.2 Å². The van der Waals surface area contributed by atoms with Crippen molar-refractivity contribution >= 4 is 5.91 Å². The van der Waals surface area contributed by atoms with E-state index in [0.717, 1.165) is 48.6 Å². The molecule has 4 nitrogen and oxygen atoms in total. The summed E-state index contributed by atoms with van der Waals surface area (Å²) in [7, 11) is 0. The van der Waals surface area contributed by atoms with Crippen LogP contribution in [0.2, 0.25) is 0 Å². The lowest BCUT2D eigenvalue weighted by molar-refractivity contribution is 0.0792. The molecular weight excluding hydrogens is 374 g/mol. The summed E-state index contributed by atoms with van der Waals surface area (Å²) in [5, 5.41) is 0. The number of carbonyl (C=O) groups is 1. The number of hydrogen-bond donors (Lipinski definition) is 0. The Morgan fingerprint density at radius 3 is 2.27 bits per heavy atom. The molecule has 3 aromatic carbocycles. The van der Waals surface area contributed by atoms with Crippen molar-refractivity contribution in [1.29, 1.82) is 0 Å². The van der Waals surface area contributed by atoms with Gasteiger partial charge in [-0.25, -0.2) is 0 Å². The zero-order valence-electron chi connectivity index (χ0n) is 17.3. The van der Waals surface area contributed by atoms with Crippen molar-refractivity contribution in [2.24, 2.45) is 0 Å². The largest absolute Gasteiger partial charge is 0.493 e. The first-order valence-corrected chi connectivity index (χ1v) is 10.6. The van der Waals surface area contributed by atoms with Gasteiger partial charge in [0.15, 0.2) is 0 Å². The molecule has 30 heavy (non-hydrogen) atoms. The molecule has 0 aliphatic carbocycles. The third-order valence-electron chi connectivity index (χ3n) is 5.36. The minimum absolute atomic E-state index is 0.0870. The lowest BCUT2D eigenvalue weighted by atomic mass is 10.1. The third kappa shape index (κ3) is 4.65. The van der Waals surface area contributed by atoms with Gasteiger partial charge in [-0.2, -0.15) is 0 Å². The van der Waals surface area contributed by atoms with Gasteiger partial charge in [-0.05, 0) is 61.2 Å². The van der Waals surface area contributed by atoms with E-state index in [0.29, 0.717) is 18.8 Å². The Labute approximate surface area is 178 Å². The second-order valence-corrected chi connectivity index (χ2v) is 7.43. The Morgan fingerprint density at radius 2 is 1.57 bits per heavy atom. The molecule has 1 saturated heterocycles. The van der Waals surface area contributed by atoms with Crippen molar-refractivity contribution in [3.05, 3.63) is 83.9 Å². The predicted octanol–water partition coefficient (Wildman–Crippen LogP) is 5.57. The molecule has 0 radical (unpaired) electrons. The number of likely N-dealkylation sites (tertiary alicyclic amines) is 1. The highest BCUT2D eigenvalue weighted by molar-refractivity contribution is 5.94. The number of nitrogens with zero attached hydrogens (tertiary/aromatic N) is 1. The normalized spacial score (nSPS) is 13.3. The van der Waals surface area contributed by atoms with Crippen LogP contribution in [0.3, 0.4) is 0 Å². The van der Waals surface area contributed by atoms with E-state index in [2.05, 4.69) is 24.3 Å². The maximum absolute atomic E-state index is 12.8. The number of amides is 1. The highest BCUT2D eigenvalue weighted by Gasteiger charge is 2.20. The topological polar surface area (TPSA) is 38.8 Å². The molecule has 1 aliphatic heterocycles. The van der Waals surface area contributed by atoms with Crippen LogP contribution in [0, 0.1) is 0 Å². The van der Waals surface area contributed by atoms with E-state index in [9.17, 15) is 4.79 Å². The Balaban J connectivity index is 1.48. The van der Waals surface area contributed by atoms with Crippen molar-refractivity contribution in [1.82, 2.24) is 4.90 Å². The van der Waals surface area contributed by atoms with Crippen molar-refractivity contribution in [3.63, 3.8) is 0 Å². The summed E-state index contributed by atoms with van der Waals surface area (Å²) >= 11 is 0. The van der Waals surface area contributed by atoms with Crippen molar-refractivity contribution in [2.75, 3.05) is 19.7 Å². The molecule has 1 fully saturated rings. The summed E-state index contributed by atoms with van der Waals surface area (Å²) in [6.07, 6.45) is 2.16. The zero-order valence-corrected chi connectivity index (χ0v) is 17.3. The van der Waals surface area contributed by atoms with Crippen molar-refractivity contribution in [2.45, 2.75) is 26.4 Å². The lowest BCUT2D eigenvalue weighted by Crippen LogP contribution is -2.27. The SMILES string of the molecule is CCOc1ccc(C(=O)N2CCCC2)cc1COc1ccc(-c2ccccc2)cc1. The monoisotopic (exact) mass is 401 g/mol. The van der Waals surface area contributed by atoms with Gasteiger partial charge in [0.25, 0.3) is 5.91 Å². The number of hydrogen-bond acceptors (Lipinski definition) is 3. The van der Waals surface area contributed by atoms with Crippen LogP contribution in [-0.2, 0) is 6.61 Å². The number of ether oxygens (including phenoxy) is 2. The van der Waals surface area contributed by atoms with Gasteiger partial charge in [0.2, 0.25) is 0 Å². The van der Waals surface area contributed by atoms with E-state index in [4.69, 9.17) is 9.47 Å². The average molecular weight is 402 g/mol. The molecule has 4 rings (SSSR count). The van der Waals surface area contributed by atoms with Gasteiger partial charge < -0.3 is 14.4 Å². The van der Waals surface area contributed by atoms with Gasteiger partial charge in [-0.15, -0.1) is 0 Å². The molecule has 0 bridgehead atoms. The molecule has 0 N–H and O–H groups in total. The van der Waals surface area contributed by atoms with Gasteiger partial charge >= 0.3 is 0 Å². The van der Waals surface area contributed by atoms with Crippen LogP contribution in [0.4, 0.5) is 0 Å². The van der Waals surface area contributed by atoms with Crippen LogP contribution < -0.4 is 9.47 Å². The summed E-state index contributed by atoms with van der Waals surface area (Å²) in [4.78, 5) is 14.7. The summed E-state index contributed by atoms with van der Waals surface area (Å²) < 4.78 is 11.8. The maximum atomic E-state index is 12.8. The van der Waals surface area contributed by atoms with Crippen LogP contribution in [0.1, 0.15) is 35.7 Å². The van der Waals surface area contributed by atoms with E-state index in [1.807, 2.05) is 60.4 Å². The quantitative estimate of drug-likeness (QED) is 0.520. The van der Waals surface area contributed by atoms with Crippen molar-refractivity contribution in [3.8, 4) is 22.6 Å². The summed E-state index contributed by atoms with van der Waals surface area (Å²) in [5.74, 6) is 1.63. The molecule has 0 unspecified atom stereocenters. The minimum Gasteiger partial charge on any atom is -0.493 e. The van der Waals surface area contributed by atoms with Crippen LogP contribution in [0.25, 0.3) is 11.1 Å². The second kappa shape index (κ2) is 9.49. The van der Waals surface area contributed by atoms with Crippen LogP contribution in [0.15, 0.2) is 72.8 Å². The first kappa shape index (κ1) is 20.0. The zero-order chi connectivity index (χ0) is 20.8. The predicted molar refractivity (Wildman–Crippen MR) is 119 cm³/mol. The fourth-order valence-corrected chi connectivity index (χ4v) is 3.76. The Kier molecular flexibility index (Phi) is 6.33. The van der Waals surface area contributed by atoms with Gasteiger partial charge in [0.05, 0.1) is 6.61 Å². The van der Waals surface area contributed by atoms with E-state index in [-0.39, 0.29) is 5.91 Å². The first-order chi connectivity index (χ1) is 14.7. The fraction of sp³-hybridized carbons (Fsp3) is 0.269. The van der Waals surface area contributed by atoms with Gasteiger partial charge in [-0.3, -0.25) is 4.79 Å². The van der Waals surface area contributed by atoms with Crippen LogP contribution >= 0.6 is 0 Å².